The zero-order valence-corrected chi connectivity index (χ0v) is 12.4. The molecule has 2 aromatic carbocycles. The molecule has 2 rings (SSSR count). The van der Waals surface area contributed by atoms with Crippen LogP contribution in [0.25, 0.3) is 0 Å². The molecule has 3 nitrogen and oxygen atoms in total. The minimum absolute atomic E-state index is 0.168. The summed E-state index contributed by atoms with van der Waals surface area (Å²) in [7, 11) is 0. The number of amides is 1. The highest BCUT2D eigenvalue weighted by atomic mass is 35.5. The van der Waals surface area contributed by atoms with Gasteiger partial charge >= 0.3 is 0 Å². The van der Waals surface area contributed by atoms with Gasteiger partial charge in [0, 0.05) is 22.9 Å². The first-order chi connectivity index (χ1) is 9.52. The van der Waals surface area contributed by atoms with Gasteiger partial charge in [0.05, 0.1) is 10.6 Å². The van der Waals surface area contributed by atoms with E-state index < -0.39 is 0 Å². The molecule has 5 heteroatoms. The van der Waals surface area contributed by atoms with Crippen LogP contribution < -0.4 is 10.6 Å². The van der Waals surface area contributed by atoms with Gasteiger partial charge in [-0.2, -0.15) is 0 Å². The van der Waals surface area contributed by atoms with Crippen molar-refractivity contribution in [3.63, 3.8) is 0 Å². The highest BCUT2D eigenvalue weighted by molar-refractivity contribution is 6.37. The van der Waals surface area contributed by atoms with E-state index in [-0.39, 0.29) is 5.91 Å². The zero-order valence-electron chi connectivity index (χ0n) is 10.9. The SMILES string of the molecule is CCN(C(=O)c1ccc(Cl)cc1Cl)c1ccc(N)cc1. The molecule has 0 aliphatic carbocycles. The summed E-state index contributed by atoms with van der Waals surface area (Å²) in [5, 5.41) is 0.846. The van der Waals surface area contributed by atoms with Crippen LogP contribution in [-0.2, 0) is 0 Å². The van der Waals surface area contributed by atoms with Crippen LogP contribution in [0.3, 0.4) is 0 Å². The van der Waals surface area contributed by atoms with Crippen molar-refractivity contribution in [2.75, 3.05) is 17.2 Å². The number of hydrogen-bond acceptors (Lipinski definition) is 2. The number of anilines is 2. The van der Waals surface area contributed by atoms with Gasteiger partial charge in [-0.15, -0.1) is 0 Å². The molecule has 0 radical (unpaired) electrons. The summed E-state index contributed by atoms with van der Waals surface area (Å²) in [5.41, 5.74) is 7.51. The minimum Gasteiger partial charge on any atom is -0.399 e. The number of nitrogens with two attached hydrogens (primary N) is 1. The van der Waals surface area contributed by atoms with Crippen LogP contribution in [0.5, 0.6) is 0 Å². The summed E-state index contributed by atoms with van der Waals surface area (Å²) in [6, 6.07) is 12.0. The fourth-order valence-corrected chi connectivity index (χ4v) is 2.40. The van der Waals surface area contributed by atoms with Crippen molar-refractivity contribution in [2.24, 2.45) is 0 Å². The van der Waals surface area contributed by atoms with Crippen molar-refractivity contribution < 1.29 is 4.79 Å². The van der Waals surface area contributed by atoms with Crippen LogP contribution in [-0.4, -0.2) is 12.5 Å². The van der Waals surface area contributed by atoms with Crippen molar-refractivity contribution in [2.45, 2.75) is 6.92 Å². The lowest BCUT2D eigenvalue weighted by atomic mass is 10.1. The lowest BCUT2D eigenvalue weighted by Gasteiger charge is -2.21. The number of nitrogens with zero attached hydrogens (tertiary/aromatic N) is 1. The topological polar surface area (TPSA) is 46.3 Å². The molecule has 0 fully saturated rings. The van der Waals surface area contributed by atoms with E-state index in [0.29, 0.717) is 27.8 Å². The fourth-order valence-electron chi connectivity index (χ4n) is 1.91. The number of hydrogen-bond donors (Lipinski definition) is 1. The third-order valence-electron chi connectivity index (χ3n) is 2.93. The highest BCUT2D eigenvalue weighted by Gasteiger charge is 2.18. The molecule has 1 amide bonds. The second-order valence-electron chi connectivity index (χ2n) is 4.27. The Balaban J connectivity index is 2.36. The second kappa shape index (κ2) is 6.16. The standard InChI is InChI=1S/C15H14Cl2N2O/c1-2-19(12-6-4-11(18)5-7-12)15(20)13-8-3-10(16)9-14(13)17/h3-9H,2,18H2,1H3. The highest BCUT2D eigenvalue weighted by Crippen LogP contribution is 2.25. The molecular formula is C15H14Cl2N2O. The van der Waals surface area contributed by atoms with Crippen molar-refractivity contribution in [3.05, 3.63) is 58.1 Å². The van der Waals surface area contributed by atoms with Crippen LogP contribution in [0.15, 0.2) is 42.5 Å². The van der Waals surface area contributed by atoms with Gasteiger partial charge < -0.3 is 10.6 Å². The molecule has 0 atom stereocenters. The molecule has 2 N–H and O–H groups in total. The normalized spacial score (nSPS) is 10.3. The molecular weight excluding hydrogens is 295 g/mol. The first kappa shape index (κ1) is 14.7. The minimum atomic E-state index is -0.168. The number of nitrogen functional groups attached to an aromatic ring is 1. The van der Waals surface area contributed by atoms with Crippen LogP contribution in [0.2, 0.25) is 10.0 Å². The summed E-state index contributed by atoms with van der Waals surface area (Å²) in [5.74, 6) is -0.168. The van der Waals surface area contributed by atoms with Gasteiger partial charge in [0.2, 0.25) is 0 Å². The van der Waals surface area contributed by atoms with E-state index in [1.165, 1.54) is 0 Å². The summed E-state index contributed by atoms with van der Waals surface area (Å²) in [6.07, 6.45) is 0. The summed E-state index contributed by atoms with van der Waals surface area (Å²) >= 11 is 11.9. The molecule has 0 aliphatic rings. The average Bonchev–Trinajstić information content (AvgIpc) is 2.41. The van der Waals surface area contributed by atoms with E-state index in [9.17, 15) is 4.79 Å². The number of halogens is 2. The molecule has 0 saturated carbocycles. The maximum atomic E-state index is 12.6. The van der Waals surface area contributed by atoms with E-state index >= 15 is 0 Å². The van der Waals surface area contributed by atoms with Crippen LogP contribution in [0.4, 0.5) is 11.4 Å². The van der Waals surface area contributed by atoms with Gasteiger partial charge in [-0.1, -0.05) is 23.2 Å². The largest absolute Gasteiger partial charge is 0.399 e. The van der Waals surface area contributed by atoms with E-state index in [0.717, 1.165) is 5.69 Å². The van der Waals surface area contributed by atoms with E-state index in [2.05, 4.69) is 0 Å². The van der Waals surface area contributed by atoms with Crippen LogP contribution in [0, 0.1) is 0 Å². The molecule has 0 bridgehead atoms. The predicted molar refractivity (Wildman–Crippen MR) is 84.7 cm³/mol. The Hall–Kier alpha value is -1.71. The third-order valence-corrected chi connectivity index (χ3v) is 3.48. The molecule has 0 heterocycles. The second-order valence-corrected chi connectivity index (χ2v) is 5.11. The summed E-state index contributed by atoms with van der Waals surface area (Å²) < 4.78 is 0. The average molecular weight is 309 g/mol. The molecule has 0 unspecified atom stereocenters. The van der Waals surface area contributed by atoms with Crippen molar-refractivity contribution in [1.29, 1.82) is 0 Å². The van der Waals surface area contributed by atoms with Crippen LogP contribution >= 0.6 is 23.2 Å². The number of carbonyl (C=O) groups excluding carboxylic acids is 1. The van der Waals surface area contributed by atoms with Gasteiger partial charge in [-0.3, -0.25) is 4.79 Å². The Labute approximate surface area is 127 Å². The Morgan fingerprint density at radius 2 is 1.80 bits per heavy atom. The molecule has 104 valence electrons. The van der Waals surface area contributed by atoms with Crippen molar-refractivity contribution in [3.8, 4) is 0 Å². The quantitative estimate of drug-likeness (QED) is 0.862. The maximum absolute atomic E-state index is 12.6. The number of carbonyl (C=O) groups is 1. The molecule has 0 aliphatic heterocycles. The zero-order chi connectivity index (χ0) is 14.7. The first-order valence-corrected chi connectivity index (χ1v) is 6.91. The monoisotopic (exact) mass is 308 g/mol. The van der Waals surface area contributed by atoms with Crippen LogP contribution in [0.1, 0.15) is 17.3 Å². The van der Waals surface area contributed by atoms with Gasteiger partial charge in [0.15, 0.2) is 0 Å². The Kier molecular flexibility index (Phi) is 4.53. The van der Waals surface area contributed by atoms with E-state index in [1.807, 2.05) is 6.92 Å². The van der Waals surface area contributed by atoms with E-state index in [4.69, 9.17) is 28.9 Å². The lowest BCUT2D eigenvalue weighted by Crippen LogP contribution is -2.30. The molecule has 2 aromatic rings. The number of benzene rings is 2. The number of rotatable bonds is 3. The summed E-state index contributed by atoms with van der Waals surface area (Å²) in [6.45, 7) is 2.43. The van der Waals surface area contributed by atoms with Gasteiger partial charge in [-0.05, 0) is 49.4 Å². The third kappa shape index (κ3) is 3.06. The Morgan fingerprint density at radius 3 is 2.35 bits per heavy atom. The molecule has 0 aromatic heterocycles. The van der Waals surface area contributed by atoms with Crippen molar-refractivity contribution >= 4 is 40.5 Å². The Bertz CT molecular complexity index is 626. The van der Waals surface area contributed by atoms with Crippen molar-refractivity contribution in [1.82, 2.24) is 0 Å². The summed E-state index contributed by atoms with van der Waals surface area (Å²) in [4.78, 5) is 14.2. The van der Waals surface area contributed by atoms with Gasteiger partial charge in [0.1, 0.15) is 0 Å². The smallest absolute Gasteiger partial charge is 0.259 e. The van der Waals surface area contributed by atoms with E-state index in [1.54, 1.807) is 47.4 Å². The molecule has 0 spiro atoms. The molecule has 0 saturated heterocycles. The Morgan fingerprint density at radius 1 is 1.15 bits per heavy atom. The van der Waals surface area contributed by atoms with Gasteiger partial charge in [0.25, 0.3) is 5.91 Å². The molecule has 20 heavy (non-hydrogen) atoms. The maximum Gasteiger partial charge on any atom is 0.259 e. The predicted octanol–water partition coefficient (Wildman–Crippen LogP) is 4.24. The fraction of sp³-hybridized carbons (Fsp3) is 0.133. The lowest BCUT2D eigenvalue weighted by molar-refractivity contribution is 0.0988. The first-order valence-electron chi connectivity index (χ1n) is 6.15. The van der Waals surface area contributed by atoms with Gasteiger partial charge in [-0.25, -0.2) is 0 Å².